The van der Waals surface area contributed by atoms with Crippen molar-refractivity contribution < 1.29 is 8.42 Å². The lowest BCUT2D eigenvalue weighted by Crippen LogP contribution is -2.46. The Labute approximate surface area is 127 Å². The summed E-state index contributed by atoms with van der Waals surface area (Å²) in [6.07, 6.45) is 0. The second kappa shape index (κ2) is 7.22. The van der Waals surface area contributed by atoms with E-state index in [0.717, 1.165) is 38.3 Å². The van der Waals surface area contributed by atoms with Crippen LogP contribution in [0.2, 0.25) is 0 Å². The lowest BCUT2D eigenvalue weighted by atomic mass is 10.2. The first kappa shape index (κ1) is 16.2. The van der Waals surface area contributed by atoms with Crippen molar-refractivity contribution in [2.45, 2.75) is 5.75 Å². The molecule has 6 nitrogen and oxygen atoms in total. The summed E-state index contributed by atoms with van der Waals surface area (Å²) in [5, 5.41) is 0. The Morgan fingerprint density at radius 1 is 1.14 bits per heavy atom. The monoisotopic (exact) mass is 312 g/mol. The van der Waals surface area contributed by atoms with E-state index in [0.29, 0.717) is 12.2 Å². The van der Waals surface area contributed by atoms with E-state index < -0.39 is 10.0 Å². The van der Waals surface area contributed by atoms with Crippen LogP contribution in [0.15, 0.2) is 24.3 Å². The van der Waals surface area contributed by atoms with Crippen LogP contribution in [-0.2, 0) is 15.8 Å². The average Bonchev–Trinajstić information content (AvgIpc) is 2.43. The summed E-state index contributed by atoms with van der Waals surface area (Å²) in [5.74, 6) is -0.00395. The zero-order chi connectivity index (χ0) is 15.3. The highest BCUT2D eigenvalue weighted by Crippen LogP contribution is 2.08. The predicted octanol–water partition coefficient (Wildman–Crippen LogP) is -0.0644. The molecule has 2 rings (SSSR count). The zero-order valence-electron chi connectivity index (χ0n) is 12.5. The molecule has 1 heterocycles. The first-order valence-corrected chi connectivity index (χ1v) is 8.82. The summed E-state index contributed by atoms with van der Waals surface area (Å²) in [7, 11) is -1.18. The third-order valence-corrected chi connectivity index (χ3v) is 5.04. The van der Waals surface area contributed by atoms with E-state index in [4.69, 9.17) is 5.73 Å². The summed E-state index contributed by atoms with van der Waals surface area (Å²) in [5.41, 5.74) is 6.97. The Kier molecular flexibility index (Phi) is 5.58. The average molecular weight is 312 g/mol. The molecular weight excluding hydrogens is 288 g/mol. The molecule has 0 amide bonds. The molecule has 118 valence electrons. The molecule has 0 aromatic heterocycles. The van der Waals surface area contributed by atoms with Gasteiger partial charge in [-0.15, -0.1) is 0 Å². The van der Waals surface area contributed by atoms with Gasteiger partial charge >= 0.3 is 0 Å². The van der Waals surface area contributed by atoms with Crippen LogP contribution in [0.3, 0.4) is 0 Å². The number of piperazine rings is 1. The van der Waals surface area contributed by atoms with Crippen molar-refractivity contribution in [3.8, 4) is 0 Å². The Morgan fingerprint density at radius 2 is 1.76 bits per heavy atom. The molecule has 0 saturated carbocycles. The highest BCUT2D eigenvalue weighted by Gasteiger charge is 2.15. The van der Waals surface area contributed by atoms with Crippen LogP contribution in [0.25, 0.3) is 0 Å². The lowest BCUT2D eigenvalue weighted by Gasteiger charge is -2.32. The summed E-state index contributed by atoms with van der Waals surface area (Å²) in [6, 6.07) is 6.92. The van der Waals surface area contributed by atoms with Gasteiger partial charge in [-0.05, 0) is 24.7 Å². The van der Waals surface area contributed by atoms with E-state index in [9.17, 15) is 8.42 Å². The Bertz CT molecular complexity index is 537. The maximum absolute atomic E-state index is 12.0. The third kappa shape index (κ3) is 5.62. The number of nitrogens with zero attached hydrogens (tertiary/aromatic N) is 2. The number of nitrogens with one attached hydrogen (secondary N) is 1. The van der Waals surface area contributed by atoms with Crippen molar-refractivity contribution in [3.05, 3.63) is 29.8 Å². The van der Waals surface area contributed by atoms with Crippen LogP contribution in [0.1, 0.15) is 5.56 Å². The minimum atomic E-state index is -3.29. The molecule has 1 aromatic carbocycles. The molecule has 1 saturated heterocycles. The molecule has 0 spiro atoms. The molecule has 21 heavy (non-hydrogen) atoms. The molecule has 0 atom stereocenters. The summed E-state index contributed by atoms with van der Waals surface area (Å²) in [4.78, 5) is 4.56. The van der Waals surface area contributed by atoms with Crippen LogP contribution in [0.5, 0.6) is 0 Å². The first-order valence-electron chi connectivity index (χ1n) is 7.17. The highest BCUT2D eigenvalue weighted by atomic mass is 32.2. The molecular formula is C14H24N4O2S. The van der Waals surface area contributed by atoms with Crippen LogP contribution in [0.4, 0.5) is 5.69 Å². The van der Waals surface area contributed by atoms with Crippen molar-refractivity contribution in [2.75, 3.05) is 52.0 Å². The molecule has 1 aromatic rings. The van der Waals surface area contributed by atoms with Gasteiger partial charge in [-0.2, -0.15) is 0 Å². The number of nitrogens with two attached hydrogens (primary N) is 1. The minimum absolute atomic E-state index is 0.00395. The van der Waals surface area contributed by atoms with Gasteiger partial charge in [0.05, 0.1) is 5.75 Å². The van der Waals surface area contributed by atoms with Crippen molar-refractivity contribution >= 4 is 15.7 Å². The number of hydrogen-bond donors (Lipinski definition) is 2. The predicted molar refractivity (Wildman–Crippen MR) is 85.4 cm³/mol. The molecule has 0 radical (unpaired) electrons. The Balaban J connectivity index is 1.75. The number of anilines is 1. The standard InChI is InChI=1S/C14H24N4O2S/c1-17-8-10-18(11-9-17)7-6-16-21(19,20)12-13-2-4-14(15)5-3-13/h2-5,16H,6-12,15H2,1H3. The van der Waals surface area contributed by atoms with Gasteiger partial charge in [0.15, 0.2) is 0 Å². The van der Waals surface area contributed by atoms with Gasteiger partial charge in [-0.25, -0.2) is 13.1 Å². The number of sulfonamides is 1. The maximum atomic E-state index is 12.0. The van der Waals surface area contributed by atoms with Gasteiger partial charge in [0.25, 0.3) is 0 Å². The maximum Gasteiger partial charge on any atom is 0.215 e. The summed E-state index contributed by atoms with van der Waals surface area (Å²) in [6.45, 7) is 5.29. The van der Waals surface area contributed by atoms with E-state index in [1.54, 1.807) is 24.3 Å². The Hall–Kier alpha value is -1.15. The van der Waals surface area contributed by atoms with Gasteiger partial charge < -0.3 is 10.6 Å². The fourth-order valence-electron chi connectivity index (χ4n) is 2.32. The lowest BCUT2D eigenvalue weighted by molar-refractivity contribution is 0.156. The van der Waals surface area contributed by atoms with Crippen LogP contribution in [-0.4, -0.2) is 64.5 Å². The Morgan fingerprint density at radius 3 is 2.38 bits per heavy atom. The topological polar surface area (TPSA) is 78.7 Å². The van der Waals surface area contributed by atoms with Crippen molar-refractivity contribution in [3.63, 3.8) is 0 Å². The second-order valence-corrected chi connectivity index (χ2v) is 7.35. The molecule has 0 unspecified atom stereocenters. The van der Waals surface area contributed by atoms with Gasteiger partial charge in [0, 0.05) is 45.0 Å². The molecule has 1 aliphatic rings. The van der Waals surface area contributed by atoms with Gasteiger partial charge in [0.2, 0.25) is 10.0 Å². The van der Waals surface area contributed by atoms with E-state index in [1.807, 2.05) is 0 Å². The molecule has 1 fully saturated rings. The van der Waals surface area contributed by atoms with Gasteiger partial charge in [-0.1, -0.05) is 12.1 Å². The minimum Gasteiger partial charge on any atom is -0.399 e. The largest absolute Gasteiger partial charge is 0.399 e. The second-order valence-electron chi connectivity index (χ2n) is 5.54. The highest BCUT2D eigenvalue weighted by molar-refractivity contribution is 7.88. The summed E-state index contributed by atoms with van der Waals surface area (Å²) >= 11 is 0. The van der Waals surface area contributed by atoms with Crippen LogP contribution in [0, 0.1) is 0 Å². The number of rotatable bonds is 6. The fourth-order valence-corrected chi connectivity index (χ4v) is 3.45. The van der Waals surface area contributed by atoms with E-state index in [-0.39, 0.29) is 5.75 Å². The van der Waals surface area contributed by atoms with Gasteiger partial charge in [0.1, 0.15) is 0 Å². The third-order valence-electron chi connectivity index (χ3n) is 3.68. The van der Waals surface area contributed by atoms with Crippen molar-refractivity contribution in [1.82, 2.24) is 14.5 Å². The van der Waals surface area contributed by atoms with Crippen LogP contribution >= 0.6 is 0 Å². The van der Waals surface area contributed by atoms with Gasteiger partial charge in [-0.3, -0.25) is 4.90 Å². The van der Waals surface area contributed by atoms with E-state index in [1.165, 1.54) is 0 Å². The van der Waals surface area contributed by atoms with Crippen LogP contribution < -0.4 is 10.5 Å². The number of likely N-dealkylation sites (N-methyl/N-ethyl adjacent to an activating group) is 1. The van der Waals surface area contributed by atoms with Crippen molar-refractivity contribution in [1.29, 1.82) is 0 Å². The normalized spacial score (nSPS) is 18.0. The summed E-state index contributed by atoms with van der Waals surface area (Å²) < 4.78 is 26.7. The molecule has 1 aliphatic heterocycles. The SMILES string of the molecule is CN1CCN(CCNS(=O)(=O)Cc2ccc(N)cc2)CC1. The molecule has 3 N–H and O–H groups in total. The van der Waals surface area contributed by atoms with Crippen molar-refractivity contribution in [2.24, 2.45) is 0 Å². The van der Waals surface area contributed by atoms with E-state index >= 15 is 0 Å². The van der Waals surface area contributed by atoms with E-state index in [2.05, 4.69) is 21.6 Å². The fraction of sp³-hybridized carbons (Fsp3) is 0.571. The first-order chi connectivity index (χ1) is 9.94. The number of hydrogen-bond acceptors (Lipinski definition) is 5. The molecule has 0 aliphatic carbocycles. The number of nitrogen functional groups attached to an aromatic ring is 1. The number of benzene rings is 1. The zero-order valence-corrected chi connectivity index (χ0v) is 13.3. The quantitative estimate of drug-likeness (QED) is 0.719. The molecule has 0 bridgehead atoms. The smallest absolute Gasteiger partial charge is 0.215 e. The molecule has 7 heteroatoms.